The molecular weight excluding hydrogens is 384 g/mol. The molecule has 0 saturated heterocycles. The average Bonchev–Trinajstić information content (AvgIpc) is 2.77. The molecule has 1 N–H and O–H groups in total. The summed E-state index contributed by atoms with van der Waals surface area (Å²) in [4.78, 5) is 12.7. The van der Waals surface area contributed by atoms with Crippen molar-refractivity contribution in [2.24, 2.45) is 0 Å². The van der Waals surface area contributed by atoms with Crippen LogP contribution in [0.3, 0.4) is 0 Å². The molecular formula is C23H24N2O3S. The summed E-state index contributed by atoms with van der Waals surface area (Å²) in [5.74, 6) is -0.217. The second-order valence-corrected chi connectivity index (χ2v) is 8.65. The molecule has 6 heteroatoms. The van der Waals surface area contributed by atoms with Crippen LogP contribution >= 0.6 is 0 Å². The minimum absolute atomic E-state index is 0.207. The predicted octanol–water partition coefficient (Wildman–Crippen LogP) is 3.87. The van der Waals surface area contributed by atoms with Crippen molar-refractivity contribution in [1.82, 2.24) is 5.32 Å². The number of carbonyl (C=O) groups excluding carboxylic acids is 1. The molecule has 0 aromatic heterocycles. The van der Waals surface area contributed by atoms with Crippen LogP contribution in [-0.4, -0.2) is 27.9 Å². The van der Waals surface area contributed by atoms with Crippen LogP contribution in [-0.2, 0) is 16.4 Å². The number of sulfonamides is 1. The van der Waals surface area contributed by atoms with Gasteiger partial charge in [-0.05, 0) is 48.7 Å². The van der Waals surface area contributed by atoms with Gasteiger partial charge >= 0.3 is 0 Å². The Kier molecular flexibility index (Phi) is 6.67. The summed E-state index contributed by atoms with van der Waals surface area (Å²) in [5.41, 5.74) is 2.10. The van der Waals surface area contributed by atoms with Crippen molar-refractivity contribution < 1.29 is 13.2 Å². The molecule has 1 amide bonds. The van der Waals surface area contributed by atoms with Gasteiger partial charge in [0.1, 0.15) is 0 Å². The van der Waals surface area contributed by atoms with Crippen molar-refractivity contribution in [2.45, 2.75) is 17.7 Å². The van der Waals surface area contributed by atoms with E-state index >= 15 is 0 Å². The topological polar surface area (TPSA) is 66.5 Å². The van der Waals surface area contributed by atoms with Gasteiger partial charge in [0.2, 0.25) is 0 Å². The first kappa shape index (κ1) is 20.6. The highest BCUT2D eigenvalue weighted by Gasteiger charge is 2.21. The van der Waals surface area contributed by atoms with Gasteiger partial charge in [-0.3, -0.25) is 9.10 Å². The predicted molar refractivity (Wildman–Crippen MR) is 116 cm³/mol. The number of hydrogen-bond donors (Lipinski definition) is 1. The third-order valence-corrected chi connectivity index (χ3v) is 6.44. The van der Waals surface area contributed by atoms with Crippen molar-refractivity contribution in [2.75, 3.05) is 17.9 Å². The highest BCUT2D eigenvalue weighted by molar-refractivity contribution is 7.92. The van der Waals surface area contributed by atoms with E-state index in [-0.39, 0.29) is 10.8 Å². The number of hydrogen-bond acceptors (Lipinski definition) is 3. The van der Waals surface area contributed by atoms with Crippen LogP contribution in [0, 0.1) is 0 Å². The van der Waals surface area contributed by atoms with Gasteiger partial charge < -0.3 is 5.32 Å². The number of aryl methyl sites for hydroxylation is 1. The van der Waals surface area contributed by atoms with Crippen molar-refractivity contribution >= 4 is 21.6 Å². The highest BCUT2D eigenvalue weighted by Crippen LogP contribution is 2.22. The highest BCUT2D eigenvalue weighted by atomic mass is 32.2. The van der Waals surface area contributed by atoms with Gasteiger partial charge in [0, 0.05) is 19.2 Å². The van der Waals surface area contributed by atoms with Crippen LogP contribution in [0.5, 0.6) is 0 Å². The molecule has 0 fully saturated rings. The molecule has 0 unspecified atom stereocenters. The van der Waals surface area contributed by atoms with Gasteiger partial charge in [0.15, 0.2) is 0 Å². The SMILES string of the molecule is CN(c1cccc(C(=O)NCCCc2ccccc2)c1)S(=O)(=O)c1ccccc1. The number of rotatable bonds is 8. The molecule has 150 valence electrons. The molecule has 0 heterocycles. The summed E-state index contributed by atoms with van der Waals surface area (Å²) in [6.45, 7) is 0.552. The fraction of sp³-hybridized carbons (Fsp3) is 0.174. The molecule has 5 nitrogen and oxygen atoms in total. The van der Waals surface area contributed by atoms with Gasteiger partial charge in [-0.25, -0.2) is 8.42 Å². The number of anilines is 1. The Bertz CT molecular complexity index is 1050. The van der Waals surface area contributed by atoms with E-state index in [2.05, 4.69) is 17.4 Å². The minimum Gasteiger partial charge on any atom is -0.352 e. The Hall–Kier alpha value is -3.12. The normalized spacial score (nSPS) is 11.1. The summed E-state index contributed by atoms with van der Waals surface area (Å²) < 4.78 is 26.8. The maximum Gasteiger partial charge on any atom is 0.264 e. The smallest absolute Gasteiger partial charge is 0.264 e. The van der Waals surface area contributed by atoms with Crippen molar-refractivity contribution in [3.05, 3.63) is 96.1 Å². The molecule has 3 aromatic rings. The zero-order valence-electron chi connectivity index (χ0n) is 16.3. The van der Waals surface area contributed by atoms with Gasteiger partial charge in [0.05, 0.1) is 10.6 Å². The molecule has 3 aromatic carbocycles. The summed E-state index contributed by atoms with van der Waals surface area (Å²) in [6, 6.07) is 25.0. The Balaban J connectivity index is 1.63. The van der Waals surface area contributed by atoms with E-state index in [9.17, 15) is 13.2 Å². The van der Waals surface area contributed by atoms with Crippen LogP contribution in [0.25, 0.3) is 0 Å². The maximum absolute atomic E-state index is 12.8. The summed E-state index contributed by atoms with van der Waals surface area (Å²) in [6.07, 6.45) is 1.72. The van der Waals surface area contributed by atoms with E-state index in [1.165, 1.54) is 16.9 Å². The van der Waals surface area contributed by atoms with E-state index in [4.69, 9.17) is 0 Å². The van der Waals surface area contributed by atoms with Gasteiger partial charge in [-0.1, -0.05) is 54.6 Å². The number of nitrogens with one attached hydrogen (secondary N) is 1. The Morgan fingerprint density at radius 1 is 0.897 bits per heavy atom. The second-order valence-electron chi connectivity index (χ2n) is 6.68. The largest absolute Gasteiger partial charge is 0.352 e. The monoisotopic (exact) mass is 408 g/mol. The van der Waals surface area contributed by atoms with Crippen LogP contribution in [0.1, 0.15) is 22.3 Å². The first-order valence-electron chi connectivity index (χ1n) is 9.44. The minimum atomic E-state index is -3.68. The van der Waals surface area contributed by atoms with Crippen molar-refractivity contribution in [1.29, 1.82) is 0 Å². The molecule has 0 radical (unpaired) electrons. The quantitative estimate of drug-likeness (QED) is 0.575. The second kappa shape index (κ2) is 9.39. The lowest BCUT2D eigenvalue weighted by atomic mass is 10.1. The van der Waals surface area contributed by atoms with E-state index in [0.29, 0.717) is 17.8 Å². The summed E-state index contributed by atoms with van der Waals surface area (Å²) >= 11 is 0. The van der Waals surface area contributed by atoms with E-state index in [1.54, 1.807) is 54.6 Å². The van der Waals surface area contributed by atoms with E-state index in [1.807, 2.05) is 18.2 Å². The van der Waals surface area contributed by atoms with Crippen LogP contribution < -0.4 is 9.62 Å². The van der Waals surface area contributed by atoms with Crippen molar-refractivity contribution in [3.63, 3.8) is 0 Å². The van der Waals surface area contributed by atoms with Crippen LogP contribution in [0.2, 0.25) is 0 Å². The third-order valence-electron chi connectivity index (χ3n) is 4.64. The molecule has 3 rings (SSSR count). The molecule has 0 bridgehead atoms. The molecule has 0 aliphatic carbocycles. The zero-order valence-corrected chi connectivity index (χ0v) is 17.1. The first-order chi connectivity index (χ1) is 14.0. The Morgan fingerprint density at radius 2 is 1.55 bits per heavy atom. The Morgan fingerprint density at radius 3 is 2.24 bits per heavy atom. The first-order valence-corrected chi connectivity index (χ1v) is 10.9. The lowest BCUT2D eigenvalue weighted by Crippen LogP contribution is -2.28. The fourth-order valence-electron chi connectivity index (χ4n) is 2.97. The Labute approximate surface area is 172 Å². The van der Waals surface area contributed by atoms with Crippen LogP contribution in [0.4, 0.5) is 5.69 Å². The van der Waals surface area contributed by atoms with Gasteiger partial charge in [-0.15, -0.1) is 0 Å². The number of amides is 1. The number of benzene rings is 3. The molecule has 0 saturated carbocycles. The molecule has 0 aliphatic heterocycles. The van der Waals surface area contributed by atoms with E-state index < -0.39 is 10.0 Å². The van der Waals surface area contributed by atoms with Crippen LogP contribution in [0.15, 0.2) is 89.8 Å². The van der Waals surface area contributed by atoms with Crippen molar-refractivity contribution in [3.8, 4) is 0 Å². The van der Waals surface area contributed by atoms with Gasteiger partial charge in [-0.2, -0.15) is 0 Å². The average molecular weight is 409 g/mol. The summed E-state index contributed by atoms with van der Waals surface area (Å²) in [7, 11) is -2.20. The summed E-state index contributed by atoms with van der Waals surface area (Å²) in [5, 5.41) is 2.90. The van der Waals surface area contributed by atoms with E-state index in [0.717, 1.165) is 12.8 Å². The molecule has 29 heavy (non-hydrogen) atoms. The number of carbonyl (C=O) groups is 1. The zero-order chi connectivity index (χ0) is 20.7. The third kappa shape index (κ3) is 5.23. The lowest BCUT2D eigenvalue weighted by molar-refractivity contribution is 0.0953. The molecule has 0 spiro atoms. The lowest BCUT2D eigenvalue weighted by Gasteiger charge is -2.20. The van der Waals surface area contributed by atoms with Gasteiger partial charge in [0.25, 0.3) is 15.9 Å². The maximum atomic E-state index is 12.8. The fourth-order valence-corrected chi connectivity index (χ4v) is 4.18. The standard InChI is InChI=1S/C23H24N2O3S/c1-25(29(27,28)22-15-6-3-7-16-22)21-14-8-13-20(18-21)23(26)24-17-9-12-19-10-4-2-5-11-19/h2-8,10-11,13-16,18H,9,12,17H2,1H3,(H,24,26). The number of nitrogens with zero attached hydrogens (tertiary/aromatic N) is 1. The molecule has 0 atom stereocenters. The molecule has 0 aliphatic rings.